The first-order valence-electron chi connectivity index (χ1n) is 6.54. The molecule has 0 aliphatic heterocycles. The number of rotatable bonds is 5. The summed E-state index contributed by atoms with van der Waals surface area (Å²) in [5, 5.41) is 2.22. The predicted octanol–water partition coefficient (Wildman–Crippen LogP) is 1.71. The van der Waals surface area contributed by atoms with E-state index in [1.54, 1.807) is 13.8 Å². The number of carbonyl (C=O) groups excluding carboxylic acids is 2. The highest BCUT2D eigenvalue weighted by molar-refractivity contribution is 7.87. The summed E-state index contributed by atoms with van der Waals surface area (Å²) in [6, 6.07) is 5.43. The first-order valence-corrected chi connectivity index (χ1v) is 7.95. The van der Waals surface area contributed by atoms with Gasteiger partial charge in [0.1, 0.15) is 4.90 Å². The molecule has 0 fully saturated rings. The largest absolute Gasteiger partial charge is 0.449 e. The van der Waals surface area contributed by atoms with Gasteiger partial charge in [0.25, 0.3) is 0 Å². The van der Waals surface area contributed by atoms with E-state index in [1.165, 1.54) is 31.3 Å². The highest BCUT2D eigenvalue weighted by atomic mass is 32.2. The standard InChI is InChI=1S/C13H18N2O6S/c1-4-14-12(16)21-22(18,19)11-8-6-7-10(9-11)15(3)13(17)20-5-2/h6-9H,4-5H2,1-3H3,(H,14,16). The van der Waals surface area contributed by atoms with Crippen molar-refractivity contribution in [3.63, 3.8) is 0 Å². The lowest BCUT2D eigenvalue weighted by molar-refractivity contribution is 0.161. The Kier molecular flexibility index (Phi) is 6.17. The first kappa shape index (κ1) is 17.8. The normalized spacial score (nSPS) is 10.7. The van der Waals surface area contributed by atoms with Crippen LogP contribution < -0.4 is 10.2 Å². The molecule has 0 saturated carbocycles. The number of ether oxygens (including phenoxy) is 1. The second-order valence-corrected chi connectivity index (χ2v) is 5.66. The lowest BCUT2D eigenvalue weighted by Gasteiger charge is -2.17. The number of amides is 2. The van der Waals surface area contributed by atoms with Crippen LogP contribution in [0.2, 0.25) is 0 Å². The maximum absolute atomic E-state index is 12.0. The highest BCUT2D eigenvalue weighted by Gasteiger charge is 2.21. The molecule has 1 aromatic rings. The van der Waals surface area contributed by atoms with Crippen LogP contribution in [0.5, 0.6) is 0 Å². The average molecular weight is 330 g/mol. The van der Waals surface area contributed by atoms with E-state index in [1.807, 2.05) is 0 Å². The molecule has 9 heteroatoms. The zero-order valence-corrected chi connectivity index (χ0v) is 13.3. The van der Waals surface area contributed by atoms with E-state index in [2.05, 4.69) is 9.50 Å². The zero-order chi connectivity index (χ0) is 16.8. The van der Waals surface area contributed by atoms with Crippen molar-refractivity contribution < 1.29 is 26.9 Å². The van der Waals surface area contributed by atoms with Crippen molar-refractivity contribution in [2.24, 2.45) is 0 Å². The third-order valence-electron chi connectivity index (χ3n) is 2.54. The topological polar surface area (TPSA) is 102 Å². The molecule has 0 spiro atoms. The van der Waals surface area contributed by atoms with Crippen LogP contribution in [0.4, 0.5) is 15.3 Å². The molecule has 1 N–H and O–H groups in total. The molecule has 22 heavy (non-hydrogen) atoms. The smallest absolute Gasteiger partial charge is 0.423 e. The molecular formula is C13H18N2O6S. The van der Waals surface area contributed by atoms with Gasteiger partial charge < -0.3 is 14.2 Å². The van der Waals surface area contributed by atoms with Crippen LogP contribution in [0.1, 0.15) is 13.8 Å². The van der Waals surface area contributed by atoms with Crippen molar-refractivity contribution >= 4 is 28.0 Å². The van der Waals surface area contributed by atoms with Crippen LogP contribution in [0.25, 0.3) is 0 Å². The summed E-state index contributed by atoms with van der Waals surface area (Å²) < 4.78 is 33.2. The third kappa shape index (κ3) is 4.62. The molecule has 0 radical (unpaired) electrons. The van der Waals surface area contributed by atoms with Gasteiger partial charge in [0.2, 0.25) is 0 Å². The molecule has 0 aromatic heterocycles. The Morgan fingerprint density at radius 2 is 1.95 bits per heavy atom. The minimum absolute atomic E-state index is 0.196. The number of carbonyl (C=O) groups is 2. The van der Waals surface area contributed by atoms with Gasteiger partial charge in [-0.05, 0) is 32.0 Å². The molecule has 0 atom stereocenters. The monoisotopic (exact) mass is 330 g/mol. The second-order valence-electron chi connectivity index (χ2n) is 4.11. The van der Waals surface area contributed by atoms with Gasteiger partial charge >= 0.3 is 22.3 Å². The van der Waals surface area contributed by atoms with Gasteiger partial charge in [0.15, 0.2) is 0 Å². The Labute approximate surface area is 129 Å². The number of anilines is 1. The van der Waals surface area contributed by atoms with Gasteiger partial charge in [0, 0.05) is 19.3 Å². The van der Waals surface area contributed by atoms with Gasteiger partial charge in [-0.1, -0.05) is 6.07 Å². The van der Waals surface area contributed by atoms with Crippen molar-refractivity contribution in [2.75, 3.05) is 25.1 Å². The summed E-state index contributed by atoms with van der Waals surface area (Å²) >= 11 is 0. The molecule has 0 aliphatic rings. The molecule has 0 unspecified atom stereocenters. The SMILES string of the molecule is CCNC(=O)OS(=O)(=O)c1cccc(N(C)C(=O)OCC)c1. The van der Waals surface area contributed by atoms with Crippen LogP contribution in [-0.4, -0.2) is 40.8 Å². The highest BCUT2D eigenvalue weighted by Crippen LogP contribution is 2.20. The average Bonchev–Trinajstić information content (AvgIpc) is 2.46. The van der Waals surface area contributed by atoms with Gasteiger partial charge in [-0.2, -0.15) is 8.42 Å². The summed E-state index contributed by atoms with van der Waals surface area (Å²) in [4.78, 5) is 23.8. The lowest BCUT2D eigenvalue weighted by Crippen LogP contribution is -2.28. The number of hydrogen-bond acceptors (Lipinski definition) is 6. The molecule has 0 saturated heterocycles. The molecule has 1 rings (SSSR count). The first-order chi connectivity index (χ1) is 10.3. The van der Waals surface area contributed by atoms with Crippen molar-refractivity contribution in [2.45, 2.75) is 18.7 Å². The van der Waals surface area contributed by atoms with Gasteiger partial charge in [0.05, 0.1) is 6.61 Å². The summed E-state index contributed by atoms with van der Waals surface area (Å²) in [6.07, 6.45) is -1.69. The fourth-order valence-corrected chi connectivity index (χ4v) is 2.36. The number of nitrogens with zero attached hydrogens (tertiary/aromatic N) is 1. The lowest BCUT2D eigenvalue weighted by atomic mass is 10.3. The van der Waals surface area contributed by atoms with E-state index in [0.717, 1.165) is 4.90 Å². The third-order valence-corrected chi connectivity index (χ3v) is 3.74. The Morgan fingerprint density at radius 1 is 1.27 bits per heavy atom. The van der Waals surface area contributed by atoms with E-state index >= 15 is 0 Å². The summed E-state index contributed by atoms with van der Waals surface area (Å²) in [5.41, 5.74) is 0.291. The quantitative estimate of drug-likeness (QED) is 0.825. The second kappa shape index (κ2) is 7.64. The van der Waals surface area contributed by atoms with Crippen LogP contribution in [0, 0.1) is 0 Å². The Hall–Kier alpha value is -2.29. The number of hydrogen-bond donors (Lipinski definition) is 1. The van der Waals surface area contributed by atoms with Gasteiger partial charge in [-0.15, -0.1) is 0 Å². The van der Waals surface area contributed by atoms with Crippen molar-refractivity contribution in [1.29, 1.82) is 0 Å². The van der Waals surface area contributed by atoms with Crippen LogP contribution in [0.15, 0.2) is 29.2 Å². The Balaban J connectivity index is 3.00. The molecule has 0 bridgehead atoms. The Bertz CT molecular complexity index is 644. The molecule has 2 amide bonds. The maximum Gasteiger partial charge on any atom is 0.423 e. The zero-order valence-electron chi connectivity index (χ0n) is 12.5. The number of nitrogens with one attached hydrogen (secondary N) is 1. The fraction of sp³-hybridized carbons (Fsp3) is 0.385. The van der Waals surface area contributed by atoms with E-state index in [4.69, 9.17) is 4.74 Å². The van der Waals surface area contributed by atoms with Crippen molar-refractivity contribution in [3.8, 4) is 0 Å². The fourth-order valence-electron chi connectivity index (χ4n) is 1.49. The summed E-state index contributed by atoms with van der Waals surface area (Å²) in [5.74, 6) is 0. The molecule has 1 aromatic carbocycles. The molecule has 0 heterocycles. The van der Waals surface area contributed by atoms with Crippen molar-refractivity contribution in [1.82, 2.24) is 5.32 Å². The molecule has 8 nitrogen and oxygen atoms in total. The molecule has 122 valence electrons. The van der Waals surface area contributed by atoms with Gasteiger partial charge in [-0.25, -0.2) is 9.59 Å². The van der Waals surface area contributed by atoms with E-state index < -0.39 is 22.3 Å². The molecular weight excluding hydrogens is 312 g/mol. The van der Waals surface area contributed by atoms with Crippen molar-refractivity contribution in [3.05, 3.63) is 24.3 Å². The van der Waals surface area contributed by atoms with E-state index in [9.17, 15) is 18.0 Å². The van der Waals surface area contributed by atoms with Crippen LogP contribution in [0.3, 0.4) is 0 Å². The Morgan fingerprint density at radius 3 is 2.55 bits per heavy atom. The van der Waals surface area contributed by atoms with E-state index in [0.29, 0.717) is 5.69 Å². The summed E-state index contributed by atoms with van der Waals surface area (Å²) in [7, 11) is -2.83. The predicted molar refractivity (Wildman–Crippen MR) is 79.2 cm³/mol. The van der Waals surface area contributed by atoms with Crippen LogP contribution in [-0.2, 0) is 19.0 Å². The number of benzene rings is 1. The molecule has 0 aliphatic carbocycles. The minimum atomic E-state index is -4.27. The summed E-state index contributed by atoms with van der Waals surface area (Å²) in [6.45, 7) is 3.72. The van der Waals surface area contributed by atoms with Gasteiger partial charge in [-0.3, -0.25) is 4.90 Å². The van der Waals surface area contributed by atoms with Crippen LogP contribution >= 0.6 is 0 Å². The maximum atomic E-state index is 12.0. The van der Waals surface area contributed by atoms with E-state index in [-0.39, 0.29) is 18.0 Å². The minimum Gasteiger partial charge on any atom is -0.449 e.